The van der Waals surface area contributed by atoms with Gasteiger partial charge in [-0.3, -0.25) is 0 Å². The normalized spacial score (nSPS) is 10.8. The number of anilines is 1. The Hall–Kier alpha value is -1.56. The molecule has 0 aliphatic rings. The van der Waals surface area contributed by atoms with Crippen LogP contribution in [0, 0.1) is 11.3 Å². The molecule has 0 unspecified atom stereocenters. The minimum atomic E-state index is 0.0135. The molecule has 14 heavy (non-hydrogen) atoms. The van der Waals surface area contributed by atoms with Gasteiger partial charge in [0, 0.05) is 18.2 Å². The third kappa shape index (κ3) is 2.02. The van der Waals surface area contributed by atoms with Gasteiger partial charge in [-0.05, 0) is 12.1 Å². The van der Waals surface area contributed by atoms with E-state index >= 15 is 0 Å². The molecule has 0 aromatic carbocycles. The maximum absolute atomic E-state index is 8.81. The summed E-state index contributed by atoms with van der Waals surface area (Å²) >= 11 is 0. The van der Waals surface area contributed by atoms with E-state index < -0.39 is 0 Å². The van der Waals surface area contributed by atoms with Gasteiger partial charge in [-0.15, -0.1) is 0 Å². The zero-order chi connectivity index (χ0) is 10.8. The molecule has 1 rings (SSSR count). The van der Waals surface area contributed by atoms with E-state index in [0.717, 1.165) is 5.69 Å². The van der Waals surface area contributed by atoms with Crippen molar-refractivity contribution in [2.75, 3.05) is 12.4 Å². The van der Waals surface area contributed by atoms with Crippen LogP contribution in [0.2, 0.25) is 0 Å². The predicted molar refractivity (Wildman–Crippen MR) is 57.2 cm³/mol. The molecule has 1 heterocycles. The summed E-state index contributed by atoms with van der Waals surface area (Å²) in [5.74, 6) is 0.653. The van der Waals surface area contributed by atoms with E-state index in [-0.39, 0.29) is 5.41 Å². The van der Waals surface area contributed by atoms with Crippen LogP contribution in [0.3, 0.4) is 0 Å². The Bertz CT molecular complexity index is 369. The lowest BCUT2D eigenvalue weighted by atomic mass is 9.91. The first-order chi connectivity index (χ1) is 6.49. The number of hydrogen-bond acceptors (Lipinski definition) is 3. The monoisotopic (exact) mass is 189 g/mol. The van der Waals surface area contributed by atoms with Gasteiger partial charge in [-0.25, -0.2) is 4.98 Å². The molecular formula is C11H15N3. The number of aromatic nitrogens is 1. The average molecular weight is 189 g/mol. The van der Waals surface area contributed by atoms with Crippen molar-refractivity contribution < 1.29 is 0 Å². The molecule has 0 atom stereocenters. The van der Waals surface area contributed by atoms with Crippen molar-refractivity contribution in [2.45, 2.75) is 26.2 Å². The van der Waals surface area contributed by atoms with E-state index in [1.54, 1.807) is 13.1 Å². The first-order valence-electron chi connectivity index (χ1n) is 4.58. The third-order valence-corrected chi connectivity index (χ3v) is 2.02. The number of hydrogen-bond donors (Lipinski definition) is 1. The molecule has 0 aliphatic heterocycles. The molecule has 0 saturated heterocycles. The van der Waals surface area contributed by atoms with Crippen molar-refractivity contribution >= 4 is 5.82 Å². The van der Waals surface area contributed by atoms with Gasteiger partial charge in [0.05, 0.1) is 5.56 Å². The van der Waals surface area contributed by atoms with Gasteiger partial charge in [0.2, 0.25) is 0 Å². The molecule has 1 aromatic heterocycles. The van der Waals surface area contributed by atoms with E-state index in [9.17, 15) is 0 Å². The highest BCUT2D eigenvalue weighted by molar-refractivity contribution is 5.52. The molecule has 3 heteroatoms. The van der Waals surface area contributed by atoms with Crippen molar-refractivity contribution in [3.63, 3.8) is 0 Å². The van der Waals surface area contributed by atoms with Crippen molar-refractivity contribution in [3.05, 3.63) is 23.4 Å². The van der Waals surface area contributed by atoms with Crippen molar-refractivity contribution in [1.29, 1.82) is 5.26 Å². The van der Waals surface area contributed by atoms with Gasteiger partial charge in [-0.1, -0.05) is 20.8 Å². The maximum Gasteiger partial charge on any atom is 0.143 e. The Morgan fingerprint density at radius 1 is 1.36 bits per heavy atom. The molecule has 1 aromatic rings. The summed E-state index contributed by atoms with van der Waals surface area (Å²) in [5, 5.41) is 11.7. The molecule has 3 nitrogen and oxygen atoms in total. The Balaban J connectivity index is 3.23. The lowest BCUT2D eigenvalue weighted by Gasteiger charge is -2.18. The van der Waals surface area contributed by atoms with Crippen molar-refractivity contribution in [1.82, 2.24) is 4.98 Å². The summed E-state index contributed by atoms with van der Waals surface area (Å²) in [6, 6.07) is 5.81. The first-order valence-corrected chi connectivity index (χ1v) is 4.58. The van der Waals surface area contributed by atoms with Gasteiger partial charge >= 0.3 is 0 Å². The second-order valence-electron chi connectivity index (χ2n) is 4.20. The number of nitrogens with one attached hydrogen (secondary N) is 1. The van der Waals surface area contributed by atoms with E-state index in [4.69, 9.17) is 5.26 Å². The minimum absolute atomic E-state index is 0.0135. The molecule has 0 saturated carbocycles. The van der Waals surface area contributed by atoms with Crippen LogP contribution in [0.15, 0.2) is 12.1 Å². The molecule has 1 N–H and O–H groups in total. The van der Waals surface area contributed by atoms with Gasteiger partial charge in [0.25, 0.3) is 0 Å². The summed E-state index contributed by atoms with van der Waals surface area (Å²) in [4.78, 5) is 4.40. The number of nitrogens with zero attached hydrogens (tertiary/aromatic N) is 2. The molecule has 0 aliphatic carbocycles. The van der Waals surface area contributed by atoms with Gasteiger partial charge in [-0.2, -0.15) is 5.26 Å². The van der Waals surface area contributed by atoms with Crippen LogP contribution >= 0.6 is 0 Å². The van der Waals surface area contributed by atoms with Crippen LogP contribution in [0.5, 0.6) is 0 Å². The summed E-state index contributed by atoms with van der Waals surface area (Å²) in [6.45, 7) is 6.29. The van der Waals surface area contributed by atoms with Crippen LogP contribution in [-0.4, -0.2) is 12.0 Å². The van der Waals surface area contributed by atoms with Gasteiger partial charge in [0.15, 0.2) is 0 Å². The molecule has 0 amide bonds. The lowest BCUT2D eigenvalue weighted by Crippen LogP contribution is -2.14. The summed E-state index contributed by atoms with van der Waals surface area (Å²) < 4.78 is 0. The number of pyridine rings is 1. The van der Waals surface area contributed by atoms with Crippen molar-refractivity contribution in [2.24, 2.45) is 0 Å². The molecule has 0 radical (unpaired) electrons. The van der Waals surface area contributed by atoms with Gasteiger partial charge < -0.3 is 5.32 Å². The smallest absolute Gasteiger partial charge is 0.143 e. The first kappa shape index (κ1) is 10.5. The topological polar surface area (TPSA) is 48.7 Å². The second kappa shape index (κ2) is 3.67. The second-order valence-corrected chi connectivity index (χ2v) is 4.20. The summed E-state index contributed by atoms with van der Waals surface area (Å²) in [5.41, 5.74) is 1.58. The number of rotatable bonds is 1. The zero-order valence-electron chi connectivity index (χ0n) is 9.05. The minimum Gasteiger partial charge on any atom is -0.372 e. The Morgan fingerprint density at radius 2 is 2.00 bits per heavy atom. The molecule has 0 bridgehead atoms. The Morgan fingerprint density at radius 3 is 2.43 bits per heavy atom. The van der Waals surface area contributed by atoms with Crippen LogP contribution < -0.4 is 5.32 Å². The fourth-order valence-electron chi connectivity index (χ4n) is 1.16. The lowest BCUT2D eigenvalue weighted by molar-refractivity contribution is 0.569. The third-order valence-electron chi connectivity index (χ3n) is 2.02. The van der Waals surface area contributed by atoms with Gasteiger partial charge in [0.1, 0.15) is 11.9 Å². The standard InChI is InChI=1S/C11H15N3/c1-11(2,3)9-6-5-8(7-12)10(13-4)14-9/h5-6H,1-4H3,(H,13,14). The van der Waals surface area contributed by atoms with E-state index in [2.05, 4.69) is 37.1 Å². The Kier molecular flexibility index (Phi) is 2.76. The highest BCUT2D eigenvalue weighted by Crippen LogP contribution is 2.22. The largest absolute Gasteiger partial charge is 0.372 e. The van der Waals surface area contributed by atoms with Crippen LogP contribution in [0.25, 0.3) is 0 Å². The molecule has 74 valence electrons. The Labute approximate surface area is 84.8 Å². The fraction of sp³-hybridized carbons (Fsp3) is 0.455. The predicted octanol–water partition coefficient (Wildman–Crippen LogP) is 2.29. The maximum atomic E-state index is 8.81. The molecule has 0 fully saturated rings. The van der Waals surface area contributed by atoms with Crippen LogP contribution in [-0.2, 0) is 5.41 Å². The van der Waals surface area contributed by atoms with Crippen LogP contribution in [0.1, 0.15) is 32.0 Å². The summed E-state index contributed by atoms with van der Waals surface area (Å²) in [7, 11) is 1.77. The quantitative estimate of drug-likeness (QED) is 0.737. The molecule has 0 spiro atoms. The average Bonchev–Trinajstić information content (AvgIpc) is 2.15. The van der Waals surface area contributed by atoms with Crippen molar-refractivity contribution in [3.8, 4) is 6.07 Å². The van der Waals surface area contributed by atoms with E-state index in [0.29, 0.717) is 11.4 Å². The van der Waals surface area contributed by atoms with E-state index in [1.807, 2.05) is 6.07 Å². The molecular weight excluding hydrogens is 174 g/mol. The van der Waals surface area contributed by atoms with E-state index in [1.165, 1.54) is 0 Å². The summed E-state index contributed by atoms with van der Waals surface area (Å²) in [6.07, 6.45) is 0. The highest BCUT2D eigenvalue weighted by atomic mass is 15.0. The SMILES string of the molecule is CNc1nc(C(C)(C)C)ccc1C#N. The van der Waals surface area contributed by atoms with Crippen LogP contribution in [0.4, 0.5) is 5.82 Å². The fourth-order valence-corrected chi connectivity index (χ4v) is 1.16. The zero-order valence-corrected chi connectivity index (χ0v) is 9.05. The highest BCUT2D eigenvalue weighted by Gasteiger charge is 2.16. The number of nitriles is 1.